The van der Waals surface area contributed by atoms with Gasteiger partial charge in [-0.15, -0.1) is 0 Å². The molecule has 0 radical (unpaired) electrons. The van der Waals surface area contributed by atoms with Gasteiger partial charge >= 0.3 is 0 Å². The van der Waals surface area contributed by atoms with Gasteiger partial charge in [0.1, 0.15) is 0 Å². The Balaban J connectivity index is 2.80. The molecule has 3 heteroatoms. The third-order valence-electron chi connectivity index (χ3n) is 1.91. The first-order chi connectivity index (χ1) is 5.75. The van der Waals surface area contributed by atoms with Crippen molar-refractivity contribution in [2.45, 2.75) is 19.9 Å². The molecule has 1 atom stereocenters. The van der Waals surface area contributed by atoms with Crippen LogP contribution in [0.15, 0.2) is 24.5 Å². The fourth-order valence-corrected chi connectivity index (χ4v) is 1.24. The molecule has 0 saturated carbocycles. The van der Waals surface area contributed by atoms with Gasteiger partial charge in [0.15, 0.2) is 0 Å². The zero-order valence-corrected chi connectivity index (χ0v) is 7.49. The minimum Gasteiger partial charge on any atom is -0.271 e. The quantitative estimate of drug-likeness (QED) is 0.523. The molecule has 1 unspecified atom stereocenters. The van der Waals surface area contributed by atoms with Crippen molar-refractivity contribution in [3.8, 4) is 0 Å². The molecular formula is C9H15N3. The van der Waals surface area contributed by atoms with Crippen molar-refractivity contribution in [2.24, 2.45) is 11.8 Å². The number of rotatable bonds is 3. The smallest absolute Gasteiger partial charge is 0.0484 e. The van der Waals surface area contributed by atoms with Crippen molar-refractivity contribution in [1.82, 2.24) is 10.4 Å². The summed E-state index contributed by atoms with van der Waals surface area (Å²) >= 11 is 0. The summed E-state index contributed by atoms with van der Waals surface area (Å²) in [5.41, 5.74) is 3.97. The second kappa shape index (κ2) is 4.18. The van der Waals surface area contributed by atoms with E-state index in [4.69, 9.17) is 5.84 Å². The maximum atomic E-state index is 5.44. The van der Waals surface area contributed by atoms with E-state index >= 15 is 0 Å². The Morgan fingerprint density at radius 1 is 1.33 bits per heavy atom. The van der Waals surface area contributed by atoms with Crippen LogP contribution in [-0.2, 0) is 0 Å². The van der Waals surface area contributed by atoms with Gasteiger partial charge in [0.05, 0.1) is 0 Å². The lowest BCUT2D eigenvalue weighted by molar-refractivity contribution is 0.421. The second-order valence-electron chi connectivity index (χ2n) is 3.17. The molecule has 0 aliphatic heterocycles. The highest BCUT2D eigenvalue weighted by atomic mass is 15.2. The maximum absolute atomic E-state index is 5.44. The van der Waals surface area contributed by atoms with Gasteiger partial charge in [-0.2, -0.15) is 0 Å². The van der Waals surface area contributed by atoms with E-state index in [9.17, 15) is 0 Å². The normalized spacial score (nSPS) is 13.3. The van der Waals surface area contributed by atoms with Crippen LogP contribution in [0.2, 0.25) is 0 Å². The van der Waals surface area contributed by atoms with Gasteiger partial charge in [0.25, 0.3) is 0 Å². The molecule has 1 aromatic heterocycles. The fraction of sp³-hybridized carbons (Fsp3) is 0.444. The van der Waals surface area contributed by atoms with Gasteiger partial charge in [0.2, 0.25) is 0 Å². The molecule has 1 rings (SSSR count). The van der Waals surface area contributed by atoms with Crippen LogP contribution in [0, 0.1) is 5.92 Å². The highest BCUT2D eigenvalue weighted by Crippen LogP contribution is 2.18. The fourth-order valence-electron chi connectivity index (χ4n) is 1.24. The highest BCUT2D eigenvalue weighted by Gasteiger charge is 2.12. The molecule has 0 aliphatic rings. The van der Waals surface area contributed by atoms with Crippen molar-refractivity contribution < 1.29 is 0 Å². The molecule has 1 aromatic rings. The van der Waals surface area contributed by atoms with Crippen LogP contribution < -0.4 is 11.3 Å². The lowest BCUT2D eigenvalue weighted by Crippen LogP contribution is -2.31. The minimum atomic E-state index is 0.216. The predicted octanol–water partition coefficient (Wildman–Crippen LogP) is 1.24. The van der Waals surface area contributed by atoms with Crippen LogP contribution in [-0.4, -0.2) is 4.98 Å². The third kappa shape index (κ3) is 2.03. The summed E-state index contributed by atoms with van der Waals surface area (Å²) in [7, 11) is 0. The van der Waals surface area contributed by atoms with E-state index in [2.05, 4.69) is 24.3 Å². The molecule has 0 spiro atoms. The van der Waals surface area contributed by atoms with Gasteiger partial charge in [0, 0.05) is 18.4 Å². The predicted molar refractivity (Wildman–Crippen MR) is 49.1 cm³/mol. The van der Waals surface area contributed by atoms with Crippen LogP contribution in [0.4, 0.5) is 0 Å². The summed E-state index contributed by atoms with van der Waals surface area (Å²) < 4.78 is 0. The minimum absolute atomic E-state index is 0.216. The van der Waals surface area contributed by atoms with Gasteiger partial charge in [-0.05, 0) is 23.6 Å². The van der Waals surface area contributed by atoms with Gasteiger partial charge in [-0.1, -0.05) is 13.8 Å². The van der Waals surface area contributed by atoms with Gasteiger partial charge in [-0.3, -0.25) is 16.3 Å². The van der Waals surface area contributed by atoms with Crippen molar-refractivity contribution >= 4 is 0 Å². The molecule has 0 fully saturated rings. The number of nitrogens with zero attached hydrogens (tertiary/aromatic N) is 1. The molecule has 3 N–H and O–H groups in total. The zero-order valence-electron chi connectivity index (χ0n) is 7.49. The molecule has 0 amide bonds. The van der Waals surface area contributed by atoms with E-state index in [1.165, 1.54) is 5.56 Å². The summed E-state index contributed by atoms with van der Waals surface area (Å²) in [4.78, 5) is 3.95. The summed E-state index contributed by atoms with van der Waals surface area (Å²) in [6.07, 6.45) is 3.56. The van der Waals surface area contributed by atoms with E-state index < -0.39 is 0 Å². The van der Waals surface area contributed by atoms with Crippen LogP contribution in [0.25, 0.3) is 0 Å². The molecule has 0 aromatic carbocycles. The molecule has 0 bridgehead atoms. The number of aromatic nitrogens is 1. The topological polar surface area (TPSA) is 50.9 Å². The molecule has 66 valence electrons. The van der Waals surface area contributed by atoms with Crippen LogP contribution in [0.5, 0.6) is 0 Å². The third-order valence-corrected chi connectivity index (χ3v) is 1.91. The lowest BCUT2D eigenvalue weighted by Gasteiger charge is -2.19. The van der Waals surface area contributed by atoms with Gasteiger partial charge < -0.3 is 0 Å². The average Bonchev–Trinajstić information content (AvgIpc) is 2.07. The molecule has 0 aliphatic carbocycles. The Bertz CT molecular complexity index is 220. The Hall–Kier alpha value is -0.930. The SMILES string of the molecule is CC(C)C(NN)c1ccncc1. The first-order valence-electron chi connectivity index (χ1n) is 4.11. The van der Waals surface area contributed by atoms with E-state index in [0.717, 1.165) is 0 Å². The molecular weight excluding hydrogens is 150 g/mol. The number of nitrogens with two attached hydrogens (primary N) is 1. The number of hydrogen-bond acceptors (Lipinski definition) is 3. The summed E-state index contributed by atoms with van der Waals surface area (Å²) in [5, 5.41) is 0. The standard InChI is InChI=1S/C9H15N3/c1-7(2)9(12-10)8-3-5-11-6-4-8/h3-7,9,12H,10H2,1-2H3. The van der Waals surface area contributed by atoms with Crippen LogP contribution in [0.3, 0.4) is 0 Å². The molecule has 1 heterocycles. The van der Waals surface area contributed by atoms with Crippen LogP contribution >= 0.6 is 0 Å². The largest absolute Gasteiger partial charge is 0.271 e. The van der Waals surface area contributed by atoms with Crippen LogP contribution in [0.1, 0.15) is 25.5 Å². The Kier molecular flexibility index (Phi) is 3.19. The average molecular weight is 165 g/mol. The molecule has 3 nitrogen and oxygen atoms in total. The van der Waals surface area contributed by atoms with Crippen molar-refractivity contribution in [1.29, 1.82) is 0 Å². The van der Waals surface area contributed by atoms with Crippen molar-refractivity contribution in [2.75, 3.05) is 0 Å². The summed E-state index contributed by atoms with van der Waals surface area (Å²) in [6.45, 7) is 4.26. The maximum Gasteiger partial charge on any atom is 0.0484 e. The van der Waals surface area contributed by atoms with E-state index in [1.54, 1.807) is 12.4 Å². The number of hydrazine groups is 1. The molecule has 12 heavy (non-hydrogen) atoms. The Morgan fingerprint density at radius 2 is 1.92 bits per heavy atom. The first-order valence-corrected chi connectivity index (χ1v) is 4.11. The van der Waals surface area contributed by atoms with E-state index in [-0.39, 0.29) is 6.04 Å². The summed E-state index contributed by atoms with van der Waals surface area (Å²) in [5.74, 6) is 5.92. The highest BCUT2D eigenvalue weighted by molar-refractivity contribution is 5.15. The summed E-state index contributed by atoms with van der Waals surface area (Å²) in [6, 6.07) is 4.17. The second-order valence-corrected chi connectivity index (χ2v) is 3.17. The Morgan fingerprint density at radius 3 is 2.33 bits per heavy atom. The van der Waals surface area contributed by atoms with Crippen molar-refractivity contribution in [3.05, 3.63) is 30.1 Å². The lowest BCUT2D eigenvalue weighted by atomic mass is 9.98. The number of nitrogens with one attached hydrogen (secondary N) is 1. The number of pyridine rings is 1. The Labute approximate surface area is 73.0 Å². The van der Waals surface area contributed by atoms with Crippen molar-refractivity contribution in [3.63, 3.8) is 0 Å². The zero-order chi connectivity index (χ0) is 8.97. The van der Waals surface area contributed by atoms with Gasteiger partial charge in [-0.25, -0.2) is 0 Å². The number of hydrogen-bond donors (Lipinski definition) is 2. The van der Waals surface area contributed by atoms with E-state index in [1.807, 2.05) is 12.1 Å². The molecule has 0 saturated heterocycles. The monoisotopic (exact) mass is 165 g/mol. The first kappa shape index (κ1) is 9.16. The van der Waals surface area contributed by atoms with E-state index in [0.29, 0.717) is 5.92 Å².